The zero-order valence-corrected chi connectivity index (χ0v) is 17.2. The van der Waals surface area contributed by atoms with E-state index >= 15 is 0 Å². The van der Waals surface area contributed by atoms with Crippen LogP contribution in [0.25, 0.3) is 0 Å². The van der Waals surface area contributed by atoms with Crippen LogP contribution in [0.15, 0.2) is 60.7 Å². The van der Waals surface area contributed by atoms with E-state index in [4.69, 9.17) is 18.9 Å². The predicted octanol–water partition coefficient (Wildman–Crippen LogP) is 4.80. The first-order valence-electron chi connectivity index (χ1n) is 10.0. The van der Waals surface area contributed by atoms with Crippen molar-refractivity contribution in [2.24, 2.45) is 5.92 Å². The SMILES string of the molecule is CCS[C@@H]1OC2COC(c3ccccc3)O[C@@H]2[C@H](C)C1OCc1ccccc1. The molecular weight excluding hydrogens is 372 g/mol. The Kier molecular flexibility index (Phi) is 6.70. The summed E-state index contributed by atoms with van der Waals surface area (Å²) in [6.45, 7) is 5.49. The molecule has 0 saturated carbocycles. The third-order valence-electron chi connectivity index (χ3n) is 5.36. The molecule has 2 fully saturated rings. The highest BCUT2D eigenvalue weighted by atomic mass is 32.2. The van der Waals surface area contributed by atoms with Gasteiger partial charge in [-0.2, -0.15) is 0 Å². The maximum absolute atomic E-state index is 6.37. The van der Waals surface area contributed by atoms with Gasteiger partial charge >= 0.3 is 0 Å². The molecule has 0 N–H and O–H groups in total. The number of thioether (sulfide) groups is 1. The maximum Gasteiger partial charge on any atom is 0.184 e. The van der Waals surface area contributed by atoms with Crippen LogP contribution < -0.4 is 0 Å². The topological polar surface area (TPSA) is 36.9 Å². The number of ether oxygens (including phenoxy) is 4. The van der Waals surface area contributed by atoms with E-state index in [0.29, 0.717) is 13.2 Å². The van der Waals surface area contributed by atoms with Gasteiger partial charge in [0.2, 0.25) is 0 Å². The molecule has 0 aliphatic carbocycles. The zero-order valence-electron chi connectivity index (χ0n) is 16.4. The Bertz CT molecular complexity index is 726. The van der Waals surface area contributed by atoms with Crippen molar-refractivity contribution in [3.05, 3.63) is 71.8 Å². The molecular formula is C23H28O4S. The summed E-state index contributed by atoms with van der Waals surface area (Å²) in [6, 6.07) is 20.4. The van der Waals surface area contributed by atoms with Crippen LogP contribution in [0.3, 0.4) is 0 Å². The Morgan fingerprint density at radius 2 is 1.71 bits per heavy atom. The molecule has 5 heteroatoms. The highest BCUT2D eigenvalue weighted by molar-refractivity contribution is 7.99. The molecule has 28 heavy (non-hydrogen) atoms. The van der Waals surface area contributed by atoms with E-state index in [2.05, 4.69) is 26.0 Å². The van der Waals surface area contributed by atoms with Crippen LogP contribution in [0.1, 0.15) is 31.3 Å². The van der Waals surface area contributed by atoms with Crippen LogP contribution in [0.5, 0.6) is 0 Å². The molecule has 2 heterocycles. The Hall–Kier alpha value is -1.37. The standard InChI is InChI=1S/C23H28O4S/c1-3-28-23-21(24-14-17-10-6-4-7-11-17)16(2)20-19(26-23)15-25-22(27-20)18-12-8-5-9-13-18/h4-13,16,19-23H,3,14-15H2,1-2H3/t16-,19?,20+,21?,22?,23-/m0/s1. The van der Waals surface area contributed by atoms with Crippen molar-refractivity contribution in [2.75, 3.05) is 12.4 Å². The lowest BCUT2D eigenvalue weighted by atomic mass is 9.90. The fraction of sp³-hybridized carbons (Fsp3) is 0.478. The number of hydrogen-bond donors (Lipinski definition) is 0. The smallest absolute Gasteiger partial charge is 0.184 e. The van der Waals surface area contributed by atoms with Crippen molar-refractivity contribution < 1.29 is 18.9 Å². The third kappa shape index (κ3) is 4.44. The Labute approximate surface area is 171 Å². The number of hydrogen-bond acceptors (Lipinski definition) is 5. The minimum Gasteiger partial charge on any atom is -0.370 e. The first kappa shape index (κ1) is 19.9. The second-order valence-electron chi connectivity index (χ2n) is 7.30. The molecule has 4 nitrogen and oxygen atoms in total. The minimum atomic E-state index is -0.348. The molecule has 3 unspecified atom stereocenters. The van der Waals surface area contributed by atoms with Crippen molar-refractivity contribution in [1.82, 2.24) is 0 Å². The highest BCUT2D eigenvalue weighted by Crippen LogP contribution is 2.40. The van der Waals surface area contributed by atoms with Crippen molar-refractivity contribution in [1.29, 1.82) is 0 Å². The molecule has 2 aromatic rings. The molecule has 2 saturated heterocycles. The molecule has 2 aromatic carbocycles. The van der Waals surface area contributed by atoms with Crippen LogP contribution in [-0.4, -0.2) is 36.1 Å². The summed E-state index contributed by atoms with van der Waals surface area (Å²) < 4.78 is 25.1. The van der Waals surface area contributed by atoms with Gasteiger partial charge in [0.05, 0.1) is 25.4 Å². The van der Waals surface area contributed by atoms with Gasteiger partial charge in [0.1, 0.15) is 11.5 Å². The maximum atomic E-state index is 6.37. The Morgan fingerprint density at radius 1 is 1.00 bits per heavy atom. The molecule has 0 aromatic heterocycles. The fourth-order valence-electron chi connectivity index (χ4n) is 3.89. The van der Waals surface area contributed by atoms with Crippen molar-refractivity contribution >= 4 is 11.8 Å². The van der Waals surface area contributed by atoms with E-state index < -0.39 is 0 Å². The van der Waals surface area contributed by atoms with E-state index in [-0.39, 0.29) is 36.0 Å². The molecule has 0 amide bonds. The monoisotopic (exact) mass is 400 g/mol. The van der Waals surface area contributed by atoms with E-state index in [1.165, 1.54) is 5.56 Å². The summed E-state index contributed by atoms with van der Waals surface area (Å²) >= 11 is 1.79. The van der Waals surface area contributed by atoms with Crippen LogP contribution in [0, 0.1) is 5.92 Å². The number of fused-ring (bicyclic) bond motifs is 1. The van der Waals surface area contributed by atoms with Crippen LogP contribution in [0.4, 0.5) is 0 Å². The first-order chi connectivity index (χ1) is 13.8. The molecule has 0 spiro atoms. The van der Waals surface area contributed by atoms with Crippen molar-refractivity contribution in [3.63, 3.8) is 0 Å². The molecule has 2 aliphatic heterocycles. The Morgan fingerprint density at radius 3 is 2.43 bits per heavy atom. The van der Waals surface area contributed by atoms with Crippen molar-refractivity contribution in [3.8, 4) is 0 Å². The summed E-state index contributed by atoms with van der Waals surface area (Å²) in [5, 5.41) is 0. The van der Waals surface area contributed by atoms with Gasteiger partial charge in [-0.05, 0) is 11.3 Å². The average molecular weight is 401 g/mol. The summed E-state index contributed by atoms with van der Waals surface area (Å²) in [5.41, 5.74) is 2.21. The van der Waals surface area contributed by atoms with Gasteiger partial charge in [-0.15, -0.1) is 11.8 Å². The summed E-state index contributed by atoms with van der Waals surface area (Å²) in [5.74, 6) is 1.19. The lowest BCUT2D eigenvalue weighted by Gasteiger charge is -2.48. The van der Waals surface area contributed by atoms with Crippen molar-refractivity contribution in [2.45, 2.75) is 50.5 Å². The quantitative estimate of drug-likeness (QED) is 0.696. The molecule has 0 radical (unpaired) electrons. The Balaban J connectivity index is 1.47. The minimum absolute atomic E-state index is 0.00885. The van der Waals surface area contributed by atoms with Gasteiger partial charge < -0.3 is 18.9 Å². The third-order valence-corrected chi connectivity index (χ3v) is 6.40. The van der Waals surface area contributed by atoms with E-state index in [0.717, 1.165) is 11.3 Å². The van der Waals surface area contributed by atoms with Gasteiger partial charge in [-0.25, -0.2) is 0 Å². The molecule has 0 bridgehead atoms. The highest BCUT2D eigenvalue weighted by Gasteiger charge is 2.48. The van der Waals surface area contributed by atoms with E-state index in [1.54, 1.807) is 11.8 Å². The second kappa shape index (κ2) is 9.42. The lowest BCUT2D eigenvalue weighted by molar-refractivity contribution is -0.311. The predicted molar refractivity (Wildman–Crippen MR) is 111 cm³/mol. The second-order valence-corrected chi connectivity index (χ2v) is 8.67. The number of benzene rings is 2. The number of rotatable bonds is 6. The molecule has 6 atom stereocenters. The van der Waals surface area contributed by atoms with Crippen LogP contribution in [-0.2, 0) is 25.6 Å². The van der Waals surface area contributed by atoms with Gasteiger partial charge in [-0.1, -0.05) is 74.5 Å². The lowest BCUT2D eigenvalue weighted by Crippen LogP contribution is -2.57. The molecule has 150 valence electrons. The van der Waals surface area contributed by atoms with E-state index in [9.17, 15) is 0 Å². The zero-order chi connectivity index (χ0) is 19.3. The van der Waals surface area contributed by atoms with Crippen LogP contribution >= 0.6 is 11.8 Å². The largest absolute Gasteiger partial charge is 0.370 e. The van der Waals surface area contributed by atoms with E-state index in [1.807, 2.05) is 48.5 Å². The van der Waals surface area contributed by atoms with Gasteiger partial charge in [0.15, 0.2) is 6.29 Å². The molecule has 2 aliphatic rings. The summed E-state index contributed by atoms with van der Waals surface area (Å²) in [6.07, 6.45) is -0.483. The summed E-state index contributed by atoms with van der Waals surface area (Å²) in [4.78, 5) is 0. The average Bonchev–Trinajstić information content (AvgIpc) is 2.75. The van der Waals surface area contributed by atoms with Gasteiger partial charge in [0.25, 0.3) is 0 Å². The molecule has 4 rings (SSSR count). The normalized spacial score (nSPS) is 32.6. The van der Waals surface area contributed by atoms with Gasteiger partial charge in [-0.3, -0.25) is 0 Å². The fourth-order valence-corrected chi connectivity index (χ4v) is 4.96. The van der Waals surface area contributed by atoms with Gasteiger partial charge in [0, 0.05) is 11.5 Å². The van der Waals surface area contributed by atoms with Crippen LogP contribution in [0.2, 0.25) is 0 Å². The first-order valence-corrected chi connectivity index (χ1v) is 11.1. The summed E-state index contributed by atoms with van der Waals surface area (Å²) in [7, 11) is 0.